The summed E-state index contributed by atoms with van der Waals surface area (Å²) in [5.41, 5.74) is 5.17. The van der Waals surface area contributed by atoms with E-state index in [-0.39, 0.29) is 6.04 Å². The van der Waals surface area contributed by atoms with Gasteiger partial charge < -0.3 is 10.8 Å². The maximum absolute atomic E-state index is 11.1. The van der Waals surface area contributed by atoms with Crippen molar-refractivity contribution in [2.75, 3.05) is 0 Å². The SMILES string of the molecule is CCCCCCCCCCCC[C@@H](N)C(C)(C)C(=O)O. The normalized spacial score (nSPS) is 13.4. The summed E-state index contributed by atoms with van der Waals surface area (Å²) in [5, 5.41) is 9.09. The first kappa shape index (κ1) is 19.4. The molecule has 0 aromatic carbocycles. The Labute approximate surface area is 125 Å². The molecule has 0 amide bonds. The highest BCUT2D eigenvalue weighted by atomic mass is 16.4. The summed E-state index contributed by atoms with van der Waals surface area (Å²) in [5.74, 6) is -0.794. The van der Waals surface area contributed by atoms with Crippen LogP contribution in [0.25, 0.3) is 0 Å². The standard InChI is InChI=1S/C17H35NO2/c1-4-5-6-7-8-9-10-11-12-13-14-15(18)17(2,3)16(19)20/h15H,4-14,18H2,1-3H3,(H,19,20)/t15-/m1/s1. The summed E-state index contributed by atoms with van der Waals surface area (Å²) in [6.07, 6.45) is 13.8. The summed E-state index contributed by atoms with van der Waals surface area (Å²) < 4.78 is 0. The largest absolute Gasteiger partial charge is 0.481 e. The number of carboxylic acid groups (broad SMARTS) is 1. The summed E-state index contributed by atoms with van der Waals surface area (Å²) in [4.78, 5) is 11.1. The van der Waals surface area contributed by atoms with E-state index >= 15 is 0 Å². The van der Waals surface area contributed by atoms with E-state index in [0.29, 0.717) is 0 Å². The van der Waals surface area contributed by atoms with Crippen LogP contribution in [0.15, 0.2) is 0 Å². The van der Waals surface area contributed by atoms with Crippen molar-refractivity contribution in [1.29, 1.82) is 0 Å². The van der Waals surface area contributed by atoms with E-state index < -0.39 is 11.4 Å². The molecule has 0 aliphatic heterocycles. The molecule has 1 atom stereocenters. The first-order valence-corrected chi connectivity index (χ1v) is 8.42. The van der Waals surface area contributed by atoms with Gasteiger partial charge in [-0.25, -0.2) is 0 Å². The van der Waals surface area contributed by atoms with Gasteiger partial charge in [0.25, 0.3) is 0 Å². The van der Waals surface area contributed by atoms with E-state index in [1.807, 2.05) is 0 Å². The van der Waals surface area contributed by atoms with Crippen LogP contribution in [0.3, 0.4) is 0 Å². The van der Waals surface area contributed by atoms with E-state index in [2.05, 4.69) is 6.92 Å². The molecule has 0 fully saturated rings. The molecule has 0 aromatic rings. The number of rotatable bonds is 13. The average molecular weight is 285 g/mol. The van der Waals surface area contributed by atoms with Crippen LogP contribution in [0, 0.1) is 5.41 Å². The van der Waals surface area contributed by atoms with Crippen molar-refractivity contribution in [1.82, 2.24) is 0 Å². The first-order valence-electron chi connectivity index (χ1n) is 8.42. The van der Waals surface area contributed by atoms with E-state index in [9.17, 15) is 4.79 Å². The van der Waals surface area contributed by atoms with Crippen LogP contribution in [0.4, 0.5) is 0 Å². The van der Waals surface area contributed by atoms with Crippen LogP contribution < -0.4 is 5.73 Å². The van der Waals surface area contributed by atoms with Gasteiger partial charge in [-0.2, -0.15) is 0 Å². The lowest BCUT2D eigenvalue weighted by molar-refractivity contribution is -0.148. The van der Waals surface area contributed by atoms with E-state index in [4.69, 9.17) is 10.8 Å². The molecule has 120 valence electrons. The summed E-state index contributed by atoms with van der Waals surface area (Å²) >= 11 is 0. The summed E-state index contributed by atoms with van der Waals surface area (Å²) in [7, 11) is 0. The van der Waals surface area contributed by atoms with Gasteiger partial charge in [-0.15, -0.1) is 0 Å². The number of aliphatic carboxylic acids is 1. The van der Waals surface area contributed by atoms with Gasteiger partial charge in [0.05, 0.1) is 5.41 Å². The van der Waals surface area contributed by atoms with Crippen LogP contribution in [-0.4, -0.2) is 17.1 Å². The molecular formula is C17H35NO2. The van der Waals surface area contributed by atoms with Crippen molar-refractivity contribution in [3.63, 3.8) is 0 Å². The minimum Gasteiger partial charge on any atom is -0.481 e. The third kappa shape index (κ3) is 8.57. The smallest absolute Gasteiger partial charge is 0.310 e. The fourth-order valence-corrected chi connectivity index (χ4v) is 2.37. The Morgan fingerprint density at radius 3 is 1.75 bits per heavy atom. The number of hydrogen-bond donors (Lipinski definition) is 2. The lowest BCUT2D eigenvalue weighted by Gasteiger charge is -2.26. The van der Waals surface area contributed by atoms with Gasteiger partial charge in [0.15, 0.2) is 0 Å². The second-order valence-electron chi connectivity index (χ2n) is 6.60. The molecule has 0 aromatic heterocycles. The van der Waals surface area contributed by atoms with Gasteiger partial charge in [-0.05, 0) is 20.3 Å². The third-order valence-corrected chi connectivity index (χ3v) is 4.35. The van der Waals surface area contributed by atoms with E-state index in [1.54, 1.807) is 13.8 Å². The van der Waals surface area contributed by atoms with Gasteiger partial charge in [0.1, 0.15) is 0 Å². The summed E-state index contributed by atoms with van der Waals surface area (Å²) in [6.45, 7) is 5.68. The van der Waals surface area contributed by atoms with Crippen molar-refractivity contribution >= 4 is 5.97 Å². The number of carboxylic acids is 1. The molecule has 0 unspecified atom stereocenters. The maximum Gasteiger partial charge on any atom is 0.310 e. The Hall–Kier alpha value is -0.570. The fraction of sp³-hybridized carbons (Fsp3) is 0.941. The van der Waals surface area contributed by atoms with Crippen LogP contribution in [-0.2, 0) is 4.79 Å². The zero-order valence-electron chi connectivity index (χ0n) is 13.8. The minimum absolute atomic E-state index is 0.242. The van der Waals surface area contributed by atoms with Gasteiger partial charge in [0, 0.05) is 6.04 Å². The molecule has 3 nitrogen and oxygen atoms in total. The Balaban J connectivity index is 3.42. The third-order valence-electron chi connectivity index (χ3n) is 4.35. The Morgan fingerprint density at radius 1 is 0.950 bits per heavy atom. The zero-order chi connectivity index (χ0) is 15.4. The van der Waals surface area contributed by atoms with Gasteiger partial charge in [-0.3, -0.25) is 4.79 Å². The highest BCUT2D eigenvalue weighted by Crippen LogP contribution is 2.23. The van der Waals surface area contributed by atoms with Crippen LogP contribution in [0.5, 0.6) is 0 Å². The topological polar surface area (TPSA) is 63.3 Å². The molecule has 3 heteroatoms. The monoisotopic (exact) mass is 285 g/mol. The maximum atomic E-state index is 11.1. The number of unbranched alkanes of at least 4 members (excludes halogenated alkanes) is 9. The zero-order valence-corrected chi connectivity index (χ0v) is 13.8. The molecular weight excluding hydrogens is 250 g/mol. The second-order valence-corrected chi connectivity index (χ2v) is 6.60. The van der Waals surface area contributed by atoms with Gasteiger partial charge >= 0.3 is 5.97 Å². The molecule has 20 heavy (non-hydrogen) atoms. The van der Waals surface area contributed by atoms with Crippen LogP contribution in [0.1, 0.15) is 91.4 Å². The van der Waals surface area contributed by atoms with Crippen LogP contribution >= 0.6 is 0 Å². The number of hydrogen-bond acceptors (Lipinski definition) is 2. The Kier molecular flexibility index (Phi) is 10.8. The van der Waals surface area contributed by atoms with Gasteiger partial charge in [0.2, 0.25) is 0 Å². The van der Waals surface area contributed by atoms with E-state index in [0.717, 1.165) is 12.8 Å². The molecule has 0 saturated carbocycles. The molecule has 3 N–H and O–H groups in total. The van der Waals surface area contributed by atoms with Crippen molar-refractivity contribution in [2.24, 2.45) is 11.1 Å². The Morgan fingerprint density at radius 2 is 1.35 bits per heavy atom. The molecule has 0 rings (SSSR count). The fourth-order valence-electron chi connectivity index (χ4n) is 2.37. The molecule has 0 spiro atoms. The number of carbonyl (C=O) groups is 1. The quantitative estimate of drug-likeness (QED) is 0.481. The highest BCUT2D eigenvalue weighted by Gasteiger charge is 2.33. The highest BCUT2D eigenvalue weighted by molar-refractivity contribution is 5.74. The van der Waals surface area contributed by atoms with Crippen molar-refractivity contribution in [3.05, 3.63) is 0 Å². The van der Waals surface area contributed by atoms with E-state index in [1.165, 1.54) is 57.8 Å². The van der Waals surface area contributed by atoms with Crippen molar-refractivity contribution in [3.8, 4) is 0 Å². The lowest BCUT2D eigenvalue weighted by Crippen LogP contribution is -2.43. The predicted octanol–water partition coefficient (Wildman–Crippen LogP) is 4.74. The molecule has 0 heterocycles. The number of nitrogens with two attached hydrogens (primary N) is 1. The van der Waals surface area contributed by atoms with Crippen molar-refractivity contribution in [2.45, 2.75) is 97.4 Å². The average Bonchev–Trinajstić information content (AvgIpc) is 2.40. The first-order chi connectivity index (χ1) is 9.42. The molecule has 0 bridgehead atoms. The summed E-state index contributed by atoms with van der Waals surface area (Å²) in [6, 6.07) is -0.242. The minimum atomic E-state index is -0.806. The molecule has 0 aliphatic carbocycles. The second kappa shape index (κ2) is 11.1. The molecule has 0 aliphatic rings. The molecule has 0 saturated heterocycles. The van der Waals surface area contributed by atoms with Gasteiger partial charge in [-0.1, -0.05) is 71.1 Å². The lowest BCUT2D eigenvalue weighted by atomic mass is 9.82. The Bertz CT molecular complexity index is 251. The van der Waals surface area contributed by atoms with Crippen LogP contribution in [0.2, 0.25) is 0 Å². The molecule has 0 radical (unpaired) electrons. The predicted molar refractivity (Wildman–Crippen MR) is 85.9 cm³/mol. The van der Waals surface area contributed by atoms with Crippen molar-refractivity contribution < 1.29 is 9.90 Å².